The van der Waals surface area contributed by atoms with Gasteiger partial charge in [0, 0.05) is 19.1 Å². The number of aliphatic imine (C=N–C) groups is 1. The van der Waals surface area contributed by atoms with Gasteiger partial charge in [-0.2, -0.15) is 5.26 Å². The first-order valence-corrected chi connectivity index (χ1v) is 9.75. The van der Waals surface area contributed by atoms with Crippen molar-refractivity contribution in [2.75, 3.05) is 13.7 Å². The highest BCUT2D eigenvalue weighted by atomic mass is 16.5. The Labute approximate surface area is 160 Å². The monoisotopic (exact) mass is 366 g/mol. The lowest BCUT2D eigenvalue weighted by molar-refractivity contribution is -0.138. The summed E-state index contributed by atoms with van der Waals surface area (Å²) < 4.78 is 5.57. The van der Waals surface area contributed by atoms with Crippen LogP contribution >= 0.6 is 0 Å². The standard InChI is InChI=1S/C21H26N4O2/c1-3-10-25-18(26)21(24-19(25)23)17-11-14(13-22)4-5-15(17)12-20(21)8-6-16(27-2)7-9-20/h4-5,11,16H,3,6-10,12H2,1-2H3,(H2,23,24). The fraction of sp³-hybridized carbons (Fsp3) is 0.571. The Morgan fingerprint density at radius 1 is 1.41 bits per heavy atom. The van der Waals surface area contributed by atoms with Crippen LogP contribution in [0.5, 0.6) is 0 Å². The number of benzene rings is 1. The van der Waals surface area contributed by atoms with Gasteiger partial charge in [-0.15, -0.1) is 0 Å². The summed E-state index contributed by atoms with van der Waals surface area (Å²) in [6.45, 7) is 2.60. The predicted octanol–water partition coefficient (Wildman–Crippen LogP) is 2.45. The van der Waals surface area contributed by atoms with Crippen molar-refractivity contribution in [2.45, 2.75) is 57.1 Å². The number of nitriles is 1. The molecule has 1 aliphatic heterocycles. The molecular weight excluding hydrogens is 340 g/mol. The average molecular weight is 366 g/mol. The lowest BCUT2D eigenvalue weighted by Gasteiger charge is -2.45. The Kier molecular flexibility index (Phi) is 4.23. The molecule has 27 heavy (non-hydrogen) atoms. The fourth-order valence-electron chi connectivity index (χ4n) is 5.37. The molecule has 1 saturated carbocycles. The van der Waals surface area contributed by atoms with Crippen LogP contribution in [0, 0.1) is 16.7 Å². The highest BCUT2D eigenvalue weighted by Crippen LogP contribution is 2.61. The maximum Gasteiger partial charge on any atom is 0.262 e. The highest BCUT2D eigenvalue weighted by Gasteiger charge is 2.66. The fourth-order valence-corrected chi connectivity index (χ4v) is 5.37. The van der Waals surface area contributed by atoms with Crippen LogP contribution < -0.4 is 5.73 Å². The van der Waals surface area contributed by atoms with Crippen molar-refractivity contribution < 1.29 is 9.53 Å². The minimum Gasteiger partial charge on any atom is -0.381 e. The van der Waals surface area contributed by atoms with Gasteiger partial charge in [-0.25, -0.2) is 4.99 Å². The summed E-state index contributed by atoms with van der Waals surface area (Å²) in [5.74, 6) is 0.289. The van der Waals surface area contributed by atoms with E-state index in [1.54, 1.807) is 12.0 Å². The Morgan fingerprint density at radius 2 is 2.15 bits per heavy atom. The number of hydrogen-bond donors (Lipinski definition) is 1. The van der Waals surface area contributed by atoms with Gasteiger partial charge >= 0.3 is 0 Å². The number of amides is 1. The summed E-state index contributed by atoms with van der Waals surface area (Å²) >= 11 is 0. The zero-order valence-corrected chi connectivity index (χ0v) is 16.0. The summed E-state index contributed by atoms with van der Waals surface area (Å²) in [5.41, 5.74) is 7.52. The number of nitrogens with two attached hydrogens (primary N) is 1. The van der Waals surface area contributed by atoms with E-state index in [-0.39, 0.29) is 17.4 Å². The normalized spacial score (nSPS) is 32.0. The average Bonchev–Trinajstić information content (AvgIpc) is 3.09. The molecular formula is C21H26N4O2. The Morgan fingerprint density at radius 3 is 2.78 bits per heavy atom. The number of carbonyl (C=O) groups excluding carboxylic acids is 1. The number of fused-ring (bicyclic) bond motifs is 3. The van der Waals surface area contributed by atoms with Crippen LogP contribution in [0.4, 0.5) is 0 Å². The second kappa shape index (κ2) is 6.35. The van der Waals surface area contributed by atoms with Crippen LogP contribution in [0.2, 0.25) is 0 Å². The topological polar surface area (TPSA) is 91.7 Å². The molecule has 3 aliphatic rings. The van der Waals surface area contributed by atoms with Crippen LogP contribution in [0.15, 0.2) is 23.2 Å². The molecule has 142 valence electrons. The number of nitrogens with zero attached hydrogens (tertiary/aromatic N) is 3. The number of methoxy groups -OCH3 is 1. The van der Waals surface area contributed by atoms with Crippen LogP contribution in [-0.2, 0) is 21.5 Å². The third-order valence-electron chi connectivity index (χ3n) is 6.71. The molecule has 0 aromatic heterocycles. The summed E-state index contributed by atoms with van der Waals surface area (Å²) in [4.78, 5) is 20.2. The lowest BCUT2D eigenvalue weighted by atomic mass is 9.61. The van der Waals surface area contributed by atoms with Crippen molar-refractivity contribution in [2.24, 2.45) is 16.1 Å². The van der Waals surface area contributed by atoms with E-state index in [4.69, 9.17) is 15.5 Å². The van der Waals surface area contributed by atoms with Gasteiger partial charge in [0.15, 0.2) is 11.5 Å². The zero-order valence-electron chi connectivity index (χ0n) is 16.0. The Hall–Kier alpha value is -2.39. The number of rotatable bonds is 3. The Balaban J connectivity index is 1.87. The van der Waals surface area contributed by atoms with Crippen LogP contribution in [0.3, 0.4) is 0 Å². The zero-order chi connectivity index (χ0) is 19.2. The van der Waals surface area contributed by atoms with E-state index in [9.17, 15) is 10.1 Å². The summed E-state index contributed by atoms with van der Waals surface area (Å²) in [6.07, 6.45) is 5.40. The second-order valence-electron chi connectivity index (χ2n) is 8.01. The maximum absolute atomic E-state index is 13.7. The predicted molar refractivity (Wildman–Crippen MR) is 102 cm³/mol. The summed E-state index contributed by atoms with van der Waals surface area (Å²) in [5, 5.41) is 9.40. The summed E-state index contributed by atoms with van der Waals surface area (Å²) in [6, 6.07) is 7.90. The molecule has 1 atom stereocenters. The van der Waals surface area contributed by atoms with Gasteiger partial charge in [-0.05, 0) is 61.8 Å². The number of hydrogen-bond acceptors (Lipinski definition) is 5. The first kappa shape index (κ1) is 18.0. The van der Waals surface area contributed by atoms with E-state index in [1.807, 2.05) is 25.1 Å². The highest BCUT2D eigenvalue weighted by molar-refractivity contribution is 6.08. The van der Waals surface area contributed by atoms with Crippen molar-refractivity contribution >= 4 is 11.9 Å². The maximum atomic E-state index is 13.7. The van der Waals surface area contributed by atoms with Gasteiger partial charge in [-0.3, -0.25) is 9.69 Å². The molecule has 1 aromatic carbocycles. The first-order valence-electron chi connectivity index (χ1n) is 9.75. The molecule has 1 amide bonds. The second-order valence-corrected chi connectivity index (χ2v) is 8.01. The van der Waals surface area contributed by atoms with Gasteiger partial charge in [0.05, 0.1) is 17.7 Å². The van der Waals surface area contributed by atoms with Crippen molar-refractivity contribution in [3.05, 3.63) is 34.9 Å². The smallest absolute Gasteiger partial charge is 0.262 e. The van der Waals surface area contributed by atoms with E-state index in [1.165, 1.54) is 0 Å². The minimum absolute atomic E-state index is 0.0217. The van der Waals surface area contributed by atoms with Crippen molar-refractivity contribution in [1.82, 2.24) is 4.90 Å². The lowest BCUT2D eigenvalue weighted by Crippen LogP contribution is -2.52. The molecule has 6 heteroatoms. The van der Waals surface area contributed by atoms with E-state index in [2.05, 4.69) is 6.07 Å². The largest absolute Gasteiger partial charge is 0.381 e. The van der Waals surface area contributed by atoms with Crippen molar-refractivity contribution in [1.29, 1.82) is 5.26 Å². The van der Waals surface area contributed by atoms with Gasteiger partial charge in [0.25, 0.3) is 5.91 Å². The van der Waals surface area contributed by atoms with E-state index < -0.39 is 5.54 Å². The molecule has 0 bridgehead atoms. The first-order chi connectivity index (χ1) is 13.0. The van der Waals surface area contributed by atoms with Crippen LogP contribution in [-0.4, -0.2) is 36.5 Å². The van der Waals surface area contributed by atoms with E-state index in [0.717, 1.165) is 49.7 Å². The molecule has 1 unspecified atom stereocenters. The molecule has 1 heterocycles. The number of guanidine groups is 1. The molecule has 0 saturated heterocycles. The molecule has 2 aliphatic carbocycles. The number of carbonyl (C=O) groups is 1. The number of ether oxygens (including phenoxy) is 1. The van der Waals surface area contributed by atoms with Crippen molar-refractivity contribution in [3.8, 4) is 6.07 Å². The minimum atomic E-state index is -0.993. The van der Waals surface area contributed by atoms with Gasteiger partial charge in [0.2, 0.25) is 0 Å². The third kappa shape index (κ3) is 2.34. The molecule has 2 N–H and O–H groups in total. The van der Waals surface area contributed by atoms with Crippen LogP contribution in [0.25, 0.3) is 0 Å². The third-order valence-corrected chi connectivity index (χ3v) is 6.71. The Bertz CT molecular complexity index is 848. The molecule has 0 radical (unpaired) electrons. The quantitative estimate of drug-likeness (QED) is 0.889. The van der Waals surface area contributed by atoms with Crippen molar-refractivity contribution in [3.63, 3.8) is 0 Å². The molecule has 4 rings (SSSR count). The van der Waals surface area contributed by atoms with Crippen LogP contribution in [0.1, 0.15) is 55.7 Å². The van der Waals surface area contributed by atoms with E-state index >= 15 is 0 Å². The molecule has 1 fully saturated rings. The van der Waals surface area contributed by atoms with Gasteiger partial charge in [0.1, 0.15) is 0 Å². The van der Waals surface area contributed by atoms with Gasteiger partial charge in [-0.1, -0.05) is 13.0 Å². The SMILES string of the molecule is CCCN1C(=O)C2(N=C1N)c1cc(C#N)ccc1CC21CCC(OC)CC1. The van der Waals surface area contributed by atoms with Gasteiger partial charge < -0.3 is 10.5 Å². The van der Waals surface area contributed by atoms with E-state index in [0.29, 0.717) is 18.1 Å². The molecule has 2 spiro atoms. The summed E-state index contributed by atoms with van der Waals surface area (Å²) in [7, 11) is 1.75. The molecule has 1 aromatic rings. The molecule has 6 nitrogen and oxygen atoms in total.